The number of nitro benzene ring substituents is 1. The molecule has 1 aromatic carbocycles. The lowest BCUT2D eigenvalue weighted by atomic mass is 10.2. The third-order valence-corrected chi connectivity index (χ3v) is 3.28. The molecule has 2 N–H and O–H groups in total. The minimum absolute atomic E-state index is 0.134. The second-order valence-corrected chi connectivity index (χ2v) is 4.94. The zero-order valence-electron chi connectivity index (χ0n) is 12.7. The minimum atomic E-state index is -0.667. The molecule has 0 aliphatic heterocycles. The van der Waals surface area contributed by atoms with Crippen molar-refractivity contribution in [2.75, 3.05) is 5.32 Å². The molecule has 1 aromatic heterocycles. The molecule has 0 aliphatic carbocycles. The summed E-state index contributed by atoms with van der Waals surface area (Å²) in [5, 5.41) is 37.6. The highest BCUT2D eigenvalue weighted by atomic mass is 16.6. The van der Waals surface area contributed by atoms with Crippen molar-refractivity contribution in [1.82, 2.24) is 9.78 Å². The van der Waals surface area contributed by atoms with Crippen molar-refractivity contribution in [2.45, 2.75) is 20.4 Å². The van der Waals surface area contributed by atoms with Crippen LogP contribution in [0.5, 0.6) is 5.75 Å². The van der Waals surface area contributed by atoms with Crippen LogP contribution in [0.3, 0.4) is 0 Å². The summed E-state index contributed by atoms with van der Waals surface area (Å²) in [5.74, 6) is -0.986. The molecule has 0 saturated heterocycles. The molecule has 0 atom stereocenters. The molecular formula is C13H13N5O6. The van der Waals surface area contributed by atoms with E-state index in [1.165, 1.54) is 13.8 Å². The van der Waals surface area contributed by atoms with Crippen molar-refractivity contribution >= 4 is 23.0 Å². The number of phenols is 1. The van der Waals surface area contributed by atoms with E-state index in [0.717, 1.165) is 22.9 Å². The van der Waals surface area contributed by atoms with Crippen LogP contribution in [0.25, 0.3) is 0 Å². The fourth-order valence-electron chi connectivity index (χ4n) is 2.17. The summed E-state index contributed by atoms with van der Waals surface area (Å²) in [4.78, 5) is 32.4. The van der Waals surface area contributed by atoms with Crippen molar-refractivity contribution in [3.8, 4) is 5.75 Å². The number of anilines is 1. The first kappa shape index (κ1) is 16.9. The topological polar surface area (TPSA) is 153 Å². The highest BCUT2D eigenvalue weighted by Gasteiger charge is 2.23. The lowest BCUT2D eigenvalue weighted by Gasteiger charge is -2.08. The summed E-state index contributed by atoms with van der Waals surface area (Å²) < 4.78 is 1.15. The molecular weight excluding hydrogens is 322 g/mol. The van der Waals surface area contributed by atoms with Crippen LogP contribution in [0.2, 0.25) is 0 Å². The van der Waals surface area contributed by atoms with Crippen molar-refractivity contribution in [3.63, 3.8) is 0 Å². The molecule has 0 aliphatic rings. The van der Waals surface area contributed by atoms with Gasteiger partial charge < -0.3 is 10.4 Å². The number of hydrogen-bond donors (Lipinski definition) is 2. The number of rotatable bonds is 5. The zero-order valence-corrected chi connectivity index (χ0v) is 12.7. The van der Waals surface area contributed by atoms with Gasteiger partial charge in [0.2, 0.25) is 5.91 Å². The average Bonchev–Trinajstić information content (AvgIpc) is 2.75. The molecule has 126 valence electrons. The lowest BCUT2D eigenvalue weighted by Crippen LogP contribution is -2.20. The first-order valence-corrected chi connectivity index (χ1v) is 6.66. The number of benzene rings is 1. The van der Waals surface area contributed by atoms with Gasteiger partial charge in [-0.3, -0.25) is 29.7 Å². The Bertz CT molecular complexity index is 844. The maximum Gasteiger partial charge on any atom is 0.312 e. The van der Waals surface area contributed by atoms with Gasteiger partial charge in [-0.25, -0.2) is 0 Å². The summed E-state index contributed by atoms with van der Waals surface area (Å²) >= 11 is 0. The number of aryl methyl sites for hydroxylation is 1. The van der Waals surface area contributed by atoms with Crippen LogP contribution in [0.15, 0.2) is 18.2 Å². The van der Waals surface area contributed by atoms with Crippen LogP contribution in [-0.2, 0) is 11.3 Å². The molecule has 2 rings (SSSR count). The Kier molecular flexibility index (Phi) is 4.44. The Labute approximate surface area is 134 Å². The summed E-state index contributed by atoms with van der Waals surface area (Å²) in [6, 6.07) is 3.19. The number of nitrogens with zero attached hydrogens (tertiary/aromatic N) is 4. The van der Waals surface area contributed by atoms with Crippen molar-refractivity contribution in [2.24, 2.45) is 0 Å². The quantitative estimate of drug-likeness (QED) is 0.478. The predicted molar refractivity (Wildman–Crippen MR) is 81.7 cm³/mol. The maximum atomic E-state index is 12.0. The van der Waals surface area contributed by atoms with E-state index in [9.17, 15) is 30.1 Å². The normalized spacial score (nSPS) is 10.4. The molecule has 1 amide bonds. The molecule has 11 nitrogen and oxygen atoms in total. The molecule has 11 heteroatoms. The molecule has 0 saturated carbocycles. The van der Waals surface area contributed by atoms with Gasteiger partial charge in [-0.1, -0.05) is 0 Å². The number of phenolic OH excluding ortho intramolecular Hbond substituents is 1. The van der Waals surface area contributed by atoms with E-state index < -0.39 is 15.8 Å². The van der Waals surface area contributed by atoms with E-state index in [-0.39, 0.29) is 40.7 Å². The van der Waals surface area contributed by atoms with Crippen LogP contribution in [0.4, 0.5) is 17.1 Å². The zero-order chi connectivity index (χ0) is 18.0. The number of carbonyl (C=O) groups is 1. The molecule has 0 unspecified atom stereocenters. The van der Waals surface area contributed by atoms with Crippen LogP contribution >= 0.6 is 0 Å². The van der Waals surface area contributed by atoms with Gasteiger partial charge in [0, 0.05) is 12.1 Å². The van der Waals surface area contributed by atoms with Gasteiger partial charge in [0.25, 0.3) is 5.69 Å². The van der Waals surface area contributed by atoms with E-state index in [0.29, 0.717) is 0 Å². The van der Waals surface area contributed by atoms with E-state index in [1.54, 1.807) is 0 Å². The molecule has 0 bridgehead atoms. The van der Waals surface area contributed by atoms with Crippen LogP contribution < -0.4 is 5.32 Å². The fraction of sp³-hybridized carbons (Fsp3) is 0.231. The maximum absolute atomic E-state index is 12.0. The number of carbonyl (C=O) groups excluding carboxylic acids is 1. The number of aromatic nitrogens is 2. The van der Waals surface area contributed by atoms with Gasteiger partial charge in [0.1, 0.15) is 23.7 Å². The minimum Gasteiger partial charge on any atom is -0.506 e. The van der Waals surface area contributed by atoms with E-state index >= 15 is 0 Å². The number of nitrogens with one attached hydrogen (secondary N) is 1. The Balaban J connectivity index is 2.20. The predicted octanol–water partition coefficient (Wildman–Crippen LogP) is 1.66. The van der Waals surface area contributed by atoms with Gasteiger partial charge in [-0.2, -0.15) is 5.10 Å². The highest BCUT2D eigenvalue weighted by molar-refractivity contribution is 5.92. The number of hydrogen-bond acceptors (Lipinski definition) is 7. The number of non-ortho nitro benzene ring substituents is 1. The Hall–Kier alpha value is -3.50. The molecule has 1 heterocycles. The lowest BCUT2D eigenvalue weighted by molar-refractivity contribution is -0.386. The number of amides is 1. The summed E-state index contributed by atoms with van der Waals surface area (Å²) in [6.07, 6.45) is 0. The van der Waals surface area contributed by atoms with Crippen LogP contribution in [0, 0.1) is 34.1 Å². The van der Waals surface area contributed by atoms with Gasteiger partial charge in [-0.15, -0.1) is 0 Å². The number of nitro groups is 2. The SMILES string of the molecule is Cc1nn(CC(=O)Nc2cc([N+](=O)[O-])ccc2O)c(C)c1[N+](=O)[O-]. The molecule has 0 fully saturated rings. The Morgan fingerprint density at radius 2 is 1.96 bits per heavy atom. The first-order valence-electron chi connectivity index (χ1n) is 6.66. The second-order valence-electron chi connectivity index (χ2n) is 4.94. The standard InChI is InChI=1S/C13H13N5O6/c1-7-13(18(23)24)8(2)16(15-7)6-12(20)14-10-5-9(17(21)22)3-4-11(10)19/h3-5,19H,6H2,1-2H3,(H,14,20). The van der Waals surface area contributed by atoms with E-state index in [1.807, 2.05) is 0 Å². The van der Waals surface area contributed by atoms with Crippen molar-refractivity contribution < 1.29 is 19.7 Å². The van der Waals surface area contributed by atoms with Crippen molar-refractivity contribution in [1.29, 1.82) is 0 Å². The third kappa shape index (κ3) is 3.29. The van der Waals surface area contributed by atoms with E-state index in [4.69, 9.17) is 0 Å². The summed E-state index contributed by atoms with van der Waals surface area (Å²) in [6.45, 7) is 2.56. The number of aromatic hydroxyl groups is 1. The summed E-state index contributed by atoms with van der Waals surface area (Å²) in [5.41, 5.74) is -0.240. The smallest absolute Gasteiger partial charge is 0.312 e. The van der Waals surface area contributed by atoms with Gasteiger partial charge in [-0.05, 0) is 19.9 Å². The molecule has 0 radical (unpaired) electrons. The Morgan fingerprint density at radius 3 is 2.50 bits per heavy atom. The van der Waals surface area contributed by atoms with Gasteiger partial charge >= 0.3 is 5.69 Å². The average molecular weight is 335 g/mol. The second kappa shape index (κ2) is 6.32. The van der Waals surface area contributed by atoms with Crippen molar-refractivity contribution in [3.05, 3.63) is 49.8 Å². The van der Waals surface area contributed by atoms with E-state index in [2.05, 4.69) is 10.4 Å². The fourth-order valence-corrected chi connectivity index (χ4v) is 2.17. The van der Waals surface area contributed by atoms with Gasteiger partial charge in [0.05, 0.1) is 15.5 Å². The Morgan fingerprint density at radius 1 is 1.29 bits per heavy atom. The summed E-state index contributed by atoms with van der Waals surface area (Å²) in [7, 11) is 0. The highest BCUT2D eigenvalue weighted by Crippen LogP contribution is 2.28. The largest absolute Gasteiger partial charge is 0.506 e. The molecule has 24 heavy (non-hydrogen) atoms. The van der Waals surface area contributed by atoms with Gasteiger partial charge in [0.15, 0.2) is 0 Å². The third-order valence-electron chi connectivity index (χ3n) is 3.28. The molecule has 2 aromatic rings. The van der Waals surface area contributed by atoms with Crippen LogP contribution in [-0.4, -0.2) is 30.6 Å². The molecule has 0 spiro atoms. The van der Waals surface area contributed by atoms with Crippen LogP contribution in [0.1, 0.15) is 11.4 Å². The monoisotopic (exact) mass is 335 g/mol. The first-order chi connectivity index (χ1) is 11.2.